The van der Waals surface area contributed by atoms with E-state index in [-0.39, 0.29) is 16.3 Å². The fourth-order valence-electron chi connectivity index (χ4n) is 2.05. The van der Waals surface area contributed by atoms with Crippen LogP contribution < -0.4 is 25.1 Å². The van der Waals surface area contributed by atoms with Crippen molar-refractivity contribution < 1.29 is 28.2 Å². The molecule has 7 nitrogen and oxygen atoms in total. The number of nitrogens with one attached hydrogen (secondary N) is 2. The maximum Gasteiger partial charge on any atom is 0.276 e. The lowest BCUT2D eigenvalue weighted by Crippen LogP contribution is -2.43. The highest BCUT2D eigenvalue weighted by atomic mass is 35.5. The topological polar surface area (TPSA) is 85.9 Å². The molecule has 0 radical (unpaired) electrons. The van der Waals surface area contributed by atoms with E-state index >= 15 is 0 Å². The van der Waals surface area contributed by atoms with Gasteiger partial charge in [0.25, 0.3) is 11.8 Å². The van der Waals surface area contributed by atoms with E-state index in [9.17, 15) is 14.0 Å². The Morgan fingerprint density at radius 1 is 1.04 bits per heavy atom. The van der Waals surface area contributed by atoms with Crippen LogP contribution in [0, 0.1) is 5.82 Å². The van der Waals surface area contributed by atoms with Crippen LogP contribution in [0.5, 0.6) is 17.2 Å². The van der Waals surface area contributed by atoms with E-state index in [1.54, 1.807) is 6.07 Å². The molecule has 0 aromatic heterocycles. The predicted octanol–water partition coefficient (Wildman–Crippen LogP) is 2.73. The molecule has 27 heavy (non-hydrogen) atoms. The van der Waals surface area contributed by atoms with Gasteiger partial charge in [0.1, 0.15) is 11.6 Å². The third-order valence-corrected chi connectivity index (χ3v) is 3.59. The number of halogens is 2. The Kier molecular flexibility index (Phi) is 7.25. The summed E-state index contributed by atoms with van der Waals surface area (Å²) in [5, 5.41) is 0.0355. The van der Waals surface area contributed by atoms with Crippen LogP contribution in [0.15, 0.2) is 36.4 Å². The summed E-state index contributed by atoms with van der Waals surface area (Å²) in [5.41, 5.74) is 4.72. The fourth-order valence-corrected chi connectivity index (χ4v) is 2.28. The molecule has 0 heterocycles. The summed E-state index contributed by atoms with van der Waals surface area (Å²) in [6.07, 6.45) is 0. The Bertz CT molecular complexity index is 831. The largest absolute Gasteiger partial charge is 0.493 e. The molecule has 2 amide bonds. The first kappa shape index (κ1) is 20.3. The summed E-state index contributed by atoms with van der Waals surface area (Å²) in [7, 11) is 1.46. The normalized spacial score (nSPS) is 10.1. The van der Waals surface area contributed by atoms with Crippen molar-refractivity contribution in [2.75, 3.05) is 20.3 Å². The third kappa shape index (κ3) is 5.75. The van der Waals surface area contributed by atoms with Gasteiger partial charge in [0.2, 0.25) is 0 Å². The highest BCUT2D eigenvalue weighted by Crippen LogP contribution is 2.28. The molecule has 0 aliphatic rings. The Morgan fingerprint density at radius 3 is 2.44 bits per heavy atom. The lowest BCUT2D eigenvalue weighted by molar-refractivity contribution is -0.123. The van der Waals surface area contributed by atoms with Gasteiger partial charge in [0, 0.05) is 5.56 Å². The van der Waals surface area contributed by atoms with Gasteiger partial charge in [-0.15, -0.1) is 0 Å². The van der Waals surface area contributed by atoms with Crippen molar-refractivity contribution in [2.45, 2.75) is 6.92 Å². The number of benzene rings is 2. The summed E-state index contributed by atoms with van der Waals surface area (Å²) in [6, 6.07) is 8.13. The standard InChI is InChI=1S/C18H18ClFN2O5/c1-3-26-15-6-4-11(8-16(15)25-2)18(24)22-21-17(23)10-27-14-7-5-12(20)9-13(14)19/h4-9H,3,10H2,1-2H3,(H,21,23)(H,22,24). The van der Waals surface area contributed by atoms with Gasteiger partial charge in [-0.1, -0.05) is 11.6 Å². The van der Waals surface area contributed by atoms with E-state index in [4.69, 9.17) is 25.8 Å². The van der Waals surface area contributed by atoms with Crippen molar-refractivity contribution in [3.8, 4) is 17.2 Å². The van der Waals surface area contributed by atoms with E-state index < -0.39 is 24.2 Å². The molecule has 9 heteroatoms. The van der Waals surface area contributed by atoms with Crippen molar-refractivity contribution in [3.63, 3.8) is 0 Å². The second kappa shape index (κ2) is 9.63. The van der Waals surface area contributed by atoms with E-state index in [0.29, 0.717) is 18.1 Å². The van der Waals surface area contributed by atoms with Crippen LogP contribution in [0.4, 0.5) is 4.39 Å². The number of hydrogen-bond acceptors (Lipinski definition) is 5. The highest BCUT2D eigenvalue weighted by Gasteiger charge is 2.12. The van der Waals surface area contributed by atoms with Crippen molar-refractivity contribution >= 4 is 23.4 Å². The smallest absolute Gasteiger partial charge is 0.276 e. The van der Waals surface area contributed by atoms with Crippen molar-refractivity contribution in [1.82, 2.24) is 10.9 Å². The van der Waals surface area contributed by atoms with Crippen LogP contribution >= 0.6 is 11.6 Å². The van der Waals surface area contributed by atoms with Crippen LogP contribution in [0.25, 0.3) is 0 Å². The molecule has 2 N–H and O–H groups in total. The number of rotatable bonds is 7. The summed E-state index contributed by atoms with van der Waals surface area (Å²) < 4.78 is 28.7. The number of amides is 2. The van der Waals surface area contributed by atoms with Gasteiger partial charge in [-0.05, 0) is 43.3 Å². The van der Waals surface area contributed by atoms with Gasteiger partial charge in [0.15, 0.2) is 18.1 Å². The van der Waals surface area contributed by atoms with Crippen LogP contribution in [0.2, 0.25) is 5.02 Å². The molecule has 0 bridgehead atoms. The Morgan fingerprint density at radius 2 is 1.78 bits per heavy atom. The van der Waals surface area contributed by atoms with Gasteiger partial charge in [-0.2, -0.15) is 0 Å². The first-order chi connectivity index (χ1) is 12.9. The molecule has 0 fully saturated rings. The molecule has 0 aliphatic carbocycles. The zero-order valence-corrected chi connectivity index (χ0v) is 15.4. The van der Waals surface area contributed by atoms with E-state index in [1.165, 1.54) is 25.3 Å². The van der Waals surface area contributed by atoms with E-state index in [2.05, 4.69) is 10.9 Å². The summed E-state index contributed by atoms with van der Waals surface area (Å²) in [6.45, 7) is 1.87. The quantitative estimate of drug-likeness (QED) is 0.703. The highest BCUT2D eigenvalue weighted by molar-refractivity contribution is 6.32. The molecular formula is C18H18ClFN2O5. The Hall–Kier alpha value is -3.00. The van der Waals surface area contributed by atoms with E-state index in [0.717, 1.165) is 12.1 Å². The predicted molar refractivity (Wildman–Crippen MR) is 96.7 cm³/mol. The molecule has 144 valence electrons. The maximum absolute atomic E-state index is 13.0. The van der Waals surface area contributed by atoms with Crippen LogP contribution in [0.1, 0.15) is 17.3 Å². The molecule has 2 rings (SSSR count). The summed E-state index contributed by atoms with van der Waals surface area (Å²) in [5.74, 6) is -0.646. The number of ether oxygens (including phenoxy) is 3. The zero-order valence-electron chi connectivity index (χ0n) is 14.7. The van der Waals surface area contributed by atoms with Crippen LogP contribution in [0.3, 0.4) is 0 Å². The molecule has 0 saturated heterocycles. The first-order valence-corrected chi connectivity index (χ1v) is 8.30. The first-order valence-electron chi connectivity index (χ1n) is 7.92. The minimum absolute atomic E-state index is 0.0355. The number of methoxy groups -OCH3 is 1. The van der Waals surface area contributed by atoms with Gasteiger partial charge < -0.3 is 14.2 Å². The third-order valence-electron chi connectivity index (χ3n) is 3.29. The lowest BCUT2D eigenvalue weighted by atomic mass is 10.2. The second-order valence-corrected chi connectivity index (χ2v) is 5.57. The monoisotopic (exact) mass is 396 g/mol. The number of carbonyl (C=O) groups excluding carboxylic acids is 2. The van der Waals surface area contributed by atoms with Crippen molar-refractivity contribution in [3.05, 3.63) is 52.8 Å². The van der Waals surface area contributed by atoms with Gasteiger partial charge in [0.05, 0.1) is 18.7 Å². The molecule has 0 atom stereocenters. The molecule has 0 unspecified atom stereocenters. The molecule has 0 aliphatic heterocycles. The average molecular weight is 397 g/mol. The van der Waals surface area contributed by atoms with Crippen molar-refractivity contribution in [1.29, 1.82) is 0 Å². The maximum atomic E-state index is 13.0. The van der Waals surface area contributed by atoms with Crippen molar-refractivity contribution in [2.24, 2.45) is 0 Å². The minimum atomic E-state index is -0.623. The van der Waals surface area contributed by atoms with Gasteiger partial charge in [-0.25, -0.2) is 4.39 Å². The zero-order chi connectivity index (χ0) is 19.8. The minimum Gasteiger partial charge on any atom is -0.493 e. The summed E-state index contributed by atoms with van der Waals surface area (Å²) >= 11 is 5.80. The molecule has 2 aromatic carbocycles. The van der Waals surface area contributed by atoms with Gasteiger partial charge in [-0.3, -0.25) is 20.4 Å². The lowest BCUT2D eigenvalue weighted by Gasteiger charge is -2.12. The number of hydrogen-bond donors (Lipinski definition) is 2. The van der Waals surface area contributed by atoms with Crippen LogP contribution in [-0.2, 0) is 4.79 Å². The van der Waals surface area contributed by atoms with E-state index in [1.807, 2.05) is 6.92 Å². The number of hydrazine groups is 1. The van der Waals surface area contributed by atoms with Gasteiger partial charge >= 0.3 is 0 Å². The SMILES string of the molecule is CCOc1ccc(C(=O)NNC(=O)COc2ccc(F)cc2Cl)cc1OC. The molecule has 0 saturated carbocycles. The molecule has 2 aromatic rings. The Balaban J connectivity index is 1.88. The summed E-state index contributed by atoms with van der Waals surface area (Å²) in [4.78, 5) is 23.9. The fraction of sp³-hybridized carbons (Fsp3) is 0.222. The molecule has 0 spiro atoms. The van der Waals surface area contributed by atoms with Crippen LogP contribution in [-0.4, -0.2) is 32.1 Å². The number of carbonyl (C=O) groups is 2. The molecular weight excluding hydrogens is 379 g/mol. The average Bonchev–Trinajstić information content (AvgIpc) is 2.66. The second-order valence-electron chi connectivity index (χ2n) is 5.16. The Labute approximate surface area is 160 Å².